The number of nitrogens with zero attached hydrogens (tertiary/aromatic N) is 1. The molecule has 4 atom stereocenters. The first-order valence-electron chi connectivity index (χ1n) is 11.5. The number of hydrogen-bond acceptors (Lipinski definition) is 5. The number of aryl methyl sites for hydroxylation is 1. The zero-order valence-corrected chi connectivity index (χ0v) is 19.1. The van der Waals surface area contributed by atoms with E-state index in [9.17, 15) is 19.2 Å². The van der Waals surface area contributed by atoms with Gasteiger partial charge in [0.1, 0.15) is 6.29 Å². The molecule has 1 fully saturated rings. The molecule has 8 nitrogen and oxygen atoms in total. The Hall–Kier alpha value is -3.68. The number of hydrogen-bond donors (Lipinski definition) is 2. The van der Waals surface area contributed by atoms with Crippen molar-refractivity contribution in [2.75, 3.05) is 11.9 Å². The van der Waals surface area contributed by atoms with Crippen molar-refractivity contribution in [3.8, 4) is 0 Å². The van der Waals surface area contributed by atoms with E-state index in [4.69, 9.17) is 10.5 Å². The van der Waals surface area contributed by atoms with Crippen LogP contribution < -0.4 is 11.1 Å². The van der Waals surface area contributed by atoms with Crippen molar-refractivity contribution in [2.45, 2.75) is 50.2 Å². The van der Waals surface area contributed by atoms with Gasteiger partial charge in [-0.15, -0.1) is 0 Å². The Morgan fingerprint density at radius 3 is 2.62 bits per heavy atom. The molecule has 34 heavy (non-hydrogen) atoms. The predicted octanol–water partition coefficient (Wildman–Crippen LogP) is 2.80. The van der Waals surface area contributed by atoms with Crippen LogP contribution in [0, 0.1) is 5.92 Å². The first kappa shape index (κ1) is 23.5. The second-order valence-electron chi connectivity index (χ2n) is 9.25. The van der Waals surface area contributed by atoms with Crippen LogP contribution in [0.25, 0.3) is 0 Å². The Kier molecular flexibility index (Phi) is 6.68. The molecule has 1 saturated heterocycles. The van der Waals surface area contributed by atoms with Crippen LogP contribution in [0.15, 0.2) is 54.6 Å². The Bertz CT molecular complexity index is 1090. The second-order valence-corrected chi connectivity index (χ2v) is 9.25. The van der Waals surface area contributed by atoms with Crippen molar-refractivity contribution in [1.29, 1.82) is 0 Å². The van der Waals surface area contributed by atoms with Gasteiger partial charge >= 0.3 is 6.09 Å². The Balaban J connectivity index is 1.51. The summed E-state index contributed by atoms with van der Waals surface area (Å²) in [5, 5.41) is 2.86. The van der Waals surface area contributed by atoms with Gasteiger partial charge in [-0.25, -0.2) is 4.79 Å². The molecule has 2 aliphatic rings. The zero-order valence-electron chi connectivity index (χ0n) is 19.1. The third-order valence-electron chi connectivity index (χ3n) is 6.88. The fourth-order valence-corrected chi connectivity index (χ4v) is 5.10. The lowest BCUT2D eigenvalue weighted by atomic mass is 9.80. The molecule has 0 aromatic heterocycles. The average Bonchev–Trinajstić information content (AvgIpc) is 3.35. The summed E-state index contributed by atoms with van der Waals surface area (Å²) in [7, 11) is 0. The number of primary amides is 1. The largest absolute Gasteiger partial charge is 0.436 e. The number of fused-ring (bicyclic) bond motifs is 2. The van der Waals surface area contributed by atoms with Gasteiger partial charge in [0.25, 0.3) is 5.91 Å². The van der Waals surface area contributed by atoms with Gasteiger partial charge < -0.3 is 25.5 Å². The predicted molar refractivity (Wildman–Crippen MR) is 126 cm³/mol. The van der Waals surface area contributed by atoms with E-state index in [1.54, 1.807) is 6.07 Å². The Labute approximate surface area is 198 Å². The first-order chi connectivity index (χ1) is 16.3. The molecule has 0 saturated carbocycles. The molecule has 2 heterocycles. The van der Waals surface area contributed by atoms with Crippen LogP contribution in [0.1, 0.15) is 37.3 Å². The third kappa shape index (κ3) is 4.53. The number of amides is 3. The molecule has 0 bridgehead atoms. The van der Waals surface area contributed by atoms with Crippen molar-refractivity contribution in [2.24, 2.45) is 11.7 Å². The van der Waals surface area contributed by atoms with E-state index < -0.39 is 29.6 Å². The van der Waals surface area contributed by atoms with Gasteiger partial charge in [0.15, 0.2) is 6.10 Å². The van der Waals surface area contributed by atoms with Gasteiger partial charge in [-0.1, -0.05) is 55.5 Å². The molecule has 0 aliphatic carbocycles. The maximum atomic E-state index is 13.5. The number of nitrogens with two attached hydrogens (primary N) is 1. The molecule has 1 unspecified atom stereocenters. The van der Waals surface area contributed by atoms with E-state index in [0.717, 1.165) is 18.4 Å². The Morgan fingerprint density at radius 1 is 1.21 bits per heavy atom. The number of para-hydroxylation sites is 1. The van der Waals surface area contributed by atoms with E-state index in [1.807, 2.05) is 55.5 Å². The number of rotatable bonds is 8. The minimum Gasteiger partial charge on any atom is -0.436 e. The van der Waals surface area contributed by atoms with Gasteiger partial charge in [0, 0.05) is 12.2 Å². The first-order valence-corrected chi connectivity index (χ1v) is 11.5. The van der Waals surface area contributed by atoms with Crippen LogP contribution >= 0.6 is 0 Å². The summed E-state index contributed by atoms with van der Waals surface area (Å²) in [6, 6.07) is 16.5. The average molecular weight is 464 g/mol. The quantitative estimate of drug-likeness (QED) is 0.584. The highest BCUT2D eigenvalue weighted by Gasteiger charge is 2.56. The molecule has 2 aliphatic heterocycles. The topological polar surface area (TPSA) is 119 Å². The molecule has 1 spiro atoms. The molecular weight excluding hydrogens is 434 g/mol. The number of nitrogens with one attached hydrogen (secondary N) is 1. The van der Waals surface area contributed by atoms with Crippen LogP contribution in [-0.2, 0) is 31.0 Å². The van der Waals surface area contributed by atoms with Crippen molar-refractivity contribution in [3.63, 3.8) is 0 Å². The van der Waals surface area contributed by atoms with Crippen LogP contribution in [0.3, 0.4) is 0 Å². The number of carbonyl (C=O) groups is 4. The van der Waals surface area contributed by atoms with Gasteiger partial charge in [-0.05, 0) is 48.8 Å². The summed E-state index contributed by atoms with van der Waals surface area (Å²) in [6.07, 6.45) is 0.563. The van der Waals surface area contributed by atoms with E-state index >= 15 is 0 Å². The summed E-state index contributed by atoms with van der Waals surface area (Å²) in [5.41, 5.74) is 6.90. The number of aldehydes is 1. The smallest absolute Gasteiger partial charge is 0.405 e. The summed E-state index contributed by atoms with van der Waals surface area (Å²) in [6.45, 7) is 2.02. The van der Waals surface area contributed by atoms with Crippen LogP contribution in [0.5, 0.6) is 0 Å². The SMILES string of the molecule is C[C@@H](CCc1ccccc1)CC(OC(N)=O)C(=O)N1C[C@]2(C[C@H]1C=O)C(=O)Nc1ccccc12. The summed E-state index contributed by atoms with van der Waals surface area (Å²) in [5.74, 6) is -0.689. The second kappa shape index (κ2) is 9.67. The van der Waals surface area contributed by atoms with Crippen LogP contribution in [0.4, 0.5) is 10.5 Å². The molecule has 3 amide bonds. The van der Waals surface area contributed by atoms with Gasteiger partial charge in [0.2, 0.25) is 5.91 Å². The number of likely N-dealkylation sites (tertiary alicyclic amines) is 1. The van der Waals surface area contributed by atoms with E-state index in [0.29, 0.717) is 12.0 Å². The summed E-state index contributed by atoms with van der Waals surface area (Å²) in [4.78, 5) is 51.4. The number of carbonyl (C=O) groups excluding carboxylic acids is 4. The van der Waals surface area contributed by atoms with Crippen molar-refractivity contribution in [3.05, 3.63) is 65.7 Å². The minimum atomic E-state index is -1.12. The monoisotopic (exact) mass is 463 g/mol. The van der Waals surface area contributed by atoms with Gasteiger partial charge in [-0.2, -0.15) is 0 Å². The fraction of sp³-hybridized carbons (Fsp3) is 0.385. The molecule has 0 radical (unpaired) electrons. The number of benzene rings is 2. The molecule has 2 aromatic rings. The standard InChI is InChI=1S/C26H29N3O5/c1-17(11-12-18-7-3-2-4-8-18)13-22(34-25(27)33)23(31)29-16-26(14-19(29)15-30)20-9-5-6-10-21(20)28-24(26)32/h2-10,15,17,19,22H,11-14,16H2,1H3,(H2,27,33)(H,28,32)/t17-,19-,22?,26-/m0/s1. The Morgan fingerprint density at radius 2 is 1.91 bits per heavy atom. The minimum absolute atomic E-state index is 0.0368. The molecule has 178 valence electrons. The summed E-state index contributed by atoms with van der Waals surface area (Å²) >= 11 is 0. The molecule has 8 heteroatoms. The highest BCUT2D eigenvalue weighted by atomic mass is 16.6. The zero-order chi connectivity index (χ0) is 24.3. The third-order valence-corrected chi connectivity index (χ3v) is 6.88. The maximum Gasteiger partial charge on any atom is 0.405 e. The van der Waals surface area contributed by atoms with Gasteiger partial charge in [-0.3, -0.25) is 9.59 Å². The molecule has 4 rings (SSSR count). The lowest BCUT2D eigenvalue weighted by molar-refractivity contribution is -0.143. The van der Waals surface area contributed by atoms with Crippen LogP contribution in [-0.4, -0.2) is 47.8 Å². The highest BCUT2D eigenvalue weighted by molar-refractivity contribution is 6.07. The lowest BCUT2D eigenvalue weighted by Crippen LogP contribution is -2.47. The summed E-state index contributed by atoms with van der Waals surface area (Å²) < 4.78 is 5.22. The molecule has 3 N–H and O–H groups in total. The van der Waals surface area contributed by atoms with Gasteiger partial charge in [0.05, 0.1) is 11.5 Å². The van der Waals surface area contributed by atoms with Crippen LogP contribution in [0.2, 0.25) is 0 Å². The lowest BCUT2D eigenvalue weighted by Gasteiger charge is -2.28. The van der Waals surface area contributed by atoms with E-state index in [2.05, 4.69) is 5.32 Å². The molecule has 2 aromatic carbocycles. The van der Waals surface area contributed by atoms with E-state index in [-0.39, 0.29) is 31.2 Å². The fourth-order valence-electron chi connectivity index (χ4n) is 5.10. The van der Waals surface area contributed by atoms with Crippen molar-refractivity contribution in [1.82, 2.24) is 4.90 Å². The van der Waals surface area contributed by atoms with Crippen molar-refractivity contribution < 1.29 is 23.9 Å². The van der Waals surface area contributed by atoms with Crippen molar-refractivity contribution >= 4 is 29.9 Å². The van der Waals surface area contributed by atoms with E-state index in [1.165, 1.54) is 10.5 Å². The molecular formula is C26H29N3O5. The number of ether oxygens (including phenoxy) is 1. The highest BCUT2D eigenvalue weighted by Crippen LogP contribution is 2.46. The normalized spacial score (nSPS) is 22.7. The maximum absolute atomic E-state index is 13.5. The number of anilines is 1.